The first kappa shape index (κ1) is 14.0. The standard InChI is InChI=1S/C15H10ClNO3/c16-13-8-6-11(14(10-13)17(19)20)7-9-15(18)12-4-2-1-3-5-12/h1-10H/b9-7+. The van der Waals surface area contributed by atoms with Crippen LogP contribution < -0.4 is 0 Å². The largest absolute Gasteiger partial charge is 0.289 e. The van der Waals surface area contributed by atoms with Crippen LogP contribution in [0, 0.1) is 10.1 Å². The average molecular weight is 288 g/mol. The molecule has 0 heterocycles. The maximum absolute atomic E-state index is 11.9. The van der Waals surface area contributed by atoms with E-state index in [1.165, 1.54) is 24.3 Å². The van der Waals surface area contributed by atoms with E-state index in [0.29, 0.717) is 11.1 Å². The van der Waals surface area contributed by atoms with Gasteiger partial charge in [0, 0.05) is 16.7 Å². The van der Waals surface area contributed by atoms with E-state index in [4.69, 9.17) is 11.6 Å². The first-order valence-corrected chi connectivity index (χ1v) is 6.17. The lowest BCUT2D eigenvalue weighted by atomic mass is 10.1. The average Bonchev–Trinajstić information content (AvgIpc) is 2.46. The molecule has 0 saturated heterocycles. The lowest BCUT2D eigenvalue weighted by molar-refractivity contribution is -0.385. The molecule has 0 atom stereocenters. The Labute approximate surface area is 120 Å². The number of carbonyl (C=O) groups is 1. The van der Waals surface area contributed by atoms with Crippen LogP contribution in [-0.4, -0.2) is 10.7 Å². The number of hydrogen-bond acceptors (Lipinski definition) is 3. The summed E-state index contributed by atoms with van der Waals surface area (Å²) in [7, 11) is 0. The fourth-order valence-electron chi connectivity index (χ4n) is 1.68. The summed E-state index contributed by atoms with van der Waals surface area (Å²) in [4.78, 5) is 22.3. The van der Waals surface area contributed by atoms with E-state index in [9.17, 15) is 14.9 Å². The van der Waals surface area contributed by atoms with E-state index < -0.39 is 4.92 Å². The minimum atomic E-state index is -0.529. The van der Waals surface area contributed by atoms with Gasteiger partial charge in [0.15, 0.2) is 5.78 Å². The zero-order valence-electron chi connectivity index (χ0n) is 10.3. The van der Waals surface area contributed by atoms with Gasteiger partial charge in [-0.1, -0.05) is 41.9 Å². The fraction of sp³-hybridized carbons (Fsp3) is 0. The van der Waals surface area contributed by atoms with Crippen molar-refractivity contribution in [1.29, 1.82) is 0 Å². The third kappa shape index (κ3) is 3.30. The molecule has 5 heteroatoms. The van der Waals surface area contributed by atoms with Crippen molar-refractivity contribution >= 4 is 29.1 Å². The highest BCUT2D eigenvalue weighted by Crippen LogP contribution is 2.24. The first-order valence-electron chi connectivity index (χ1n) is 5.79. The summed E-state index contributed by atoms with van der Waals surface area (Å²) in [6.45, 7) is 0. The van der Waals surface area contributed by atoms with Crippen molar-refractivity contribution in [3.63, 3.8) is 0 Å². The quantitative estimate of drug-likeness (QED) is 0.367. The predicted molar refractivity (Wildman–Crippen MR) is 77.9 cm³/mol. The molecular weight excluding hydrogens is 278 g/mol. The van der Waals surface area contributed by atoms with Crippen LogP contribution in [0.1, 0.15) is 15.9 Å². The Bertz CT molecular complexity index is 681. The van der Waals surface area contributed by atoms with Gasteiger partial charge < -0.3 is 0 Å². The highest BCUT2D eigenvalue weighted by atomic mass is 35.5. The number of benzene rings is 2. The SMILES string of the molecule is O=C(/C=C/c1ccc(Cl)cc1[N+](=O)[O-])c1ccccc1. The number of carbonyl (C=O) groups excluding carboxylic acids is 1. The molecule has 0 aromatic heterocycles. The third-order valence-corrected chi connectivity index (χ3v) is 2.90. The molecule has 100 valence electrons. The molecule has 4 nitrogen and oxygen atoms in total. The van der Waals surface area contributed by atoms with Crippen LogP contribution in [0.15, 0.2) is 54.6 Å². The molecule has 0 saturated carbocycles. The van der Waals surface area contributed by atoms with Crippen LogP contribution >= 0.6 is 11.6 Å². The van der Waals surface area contributed by atoms with E-state index in [1.54, 1.807) is 30.3 Å². The molecule has 0 bridgehead atoms. The van der Waals surface area contributed by atoms with Gasteiger partial charge in [0.05, 0.1) is 10.5 Å². The second-order valence-electron chi connectivity index (χ2n) is 4.02. The number of allylic oxidation sites excluding steroid dienone is 1. The van der Waals surface area contributed by atoms with Crippen LogP contribution in [0.2, 0.25) is 5.02 Å². The number of rotatable bonds is 4. The van der Waals surface area contributed by atoms with Gasteiger partial charge in [-0.05, 0) is 24.3 Å². The maximum Gasteiger partial charge on any atom is 0.278 e. The first-order chi connectivity index (χ1) is 9.58. The fourth-order valence-corrected chi connectivity index (χ4v) is 1.85. The zero-order valence-corrected chi connectivity index (χ0v) is 11.1. The van der Waals surface area contributed by atoms with Crippen molar-refractivity contribution in [1.82, 2.24) is 0 Å². The molecule has 20 heavy (non-hydrogen) atoms. The Morgan fingerprint density at radius 2 is 1.85 bits per heavy atom. The number of nitro benzene ring substituents is 1. The topological polar surface area (TPSA) is 60.2 Å². The monoisotopic (exact) mass is 287 g/mol. The maximum atomic E-state index is 11.9. The molecule has 0 radical (unpaired) electrons. The summed E-state index contributed by atoms with van der Waals surface area (Å²) >= 11 is 5.72. The van der Waals surface area contributed by atoms with Gasteiger partial charge in [-0.3, -0.25) is 14.9 Å². The highest BCUT2D eigenvalue weighted by Gasteiger charge is 2.12. The molecule has 0 fully saturated rings. The second-order valence-corrected chi connectivity index (χ2v) is 4.46. The van der Waals surface area contributed by atoms with Gasteiger partial charge in [-0.25, -0.2) is 0 Å². The number of halogens is 1. The van der Waals surface area contributed by atoms with E-state index in [-0.39, 0.29) is 16.5 Å². The molecule has 0 spiro atoms. The molecular formula is C15H10ClNO3. The zero-order chi connectivity index (χ0) is 14.5. The van der Waals surface area contributed by atoms with Crippen molar-refractivity contribution in [3.05, 3.63) is 80.9 Å². The van der Waals surface area contributed by atoms with E-state index in [0.717, 1.165) is 0 Å². The minimum absolute atomic E-state index is 0.130. The summed E-state index contributed by atoms with van der Waals surface area (Å²) in [5.41, 5.74) is 0.735. The molecule has 0 amide bonds. The lowest BCUT2D eigenvalue weighted by Crippen LogP contribution is -1.94. The van der Waals surface area contributed by atoms with E-state index >= 15 is 0 Å². The molecule has 0 aliphatic heterocycles. The van der Waals surface area contributed by atoms with Crippen LogP contribution in [0.5, 0.6) is 0 Å². The van der Waals surface area contributed by atoms with Crippen molar-refractivity contribution in [2.75, 3.05) is 0 Å². The second kappa shape index (κ2) is 6.12. The molecule has 0 aliphatic carbocycles. The number of hydrogen-bond donors (Lipinski definition) is 0. The number of ketones is 1. The number of nitrogens with zero attached hydrogens (tertiary/aromatic N) is 1. The van der Waals surface area contributed by atoms with Crippen molar-refractivity contribution < 1.29 is 9.72 Å². The van der Waals surface area contributed by atoms with Gasteiger partial charge in [0.1, 0.15) is 0 Å². The van der Waals surface area contributed by atoms with Gasteiger partial charge in [0.25, 0.3) is 5.69 Å². The van der Waals surface area contributed by atoms with E-state index in [2.05, 4.69) is 0 Å². The normalized spacial score (nSPS) is 10.7. The Hall–Kier alpha value is -2.46. The summed E-state index contributed by atoms with van der Waals surface area (Å²) in [5, 5.41) is 11.2. The Morgan fingerprint density at radius 1 is 1.15 bits per heavy atom. The smallest absolute Gasteiger partial charge is 0.278 e. The summed E-state index contributed by atoms with van der Waals surface area (Å²) < 4.78 is 0. The van der Waals surface area contributed by atoms with Crippen LogP contribution in [-0.2, 0) is 0 Å². The van der Waals surface area contributed by atoms with E-state index in [1.807, 2.05) is 6.07 Å². The van der Waals surface area contributed by atoms with Crippen LogP contribution in [0.3, 0.4) is 0 Å². The van der Waals surface area contributed by atoms with Gasteiger partial charge in [0.2, 0.25) is 0 Å². The molecule has 2 aromatic rings. The summed E-state index contributed by atoms with van der Waals surface area (Å²) in [5.74, 6) is -0.213. The Kier molecular flexibility index (Phi) is 4.27. The summed E-state index contributed by atoms with van der Waals surface area (Å²) in [6, 6.07) is 13.0. The van der Waals surface area contributed by atoms with Crippen LogP contribution in [0.4, 0.5) is 5.69 Å². The molecule has 2 aromatic carbocycles. The van der Waals surface area contributed by atoms with Gasteiger partial charge in [-0.2, -0.15) is 0 Å². The Morgan fingerprint density at radius 3 is 2.50 bits per heavy atom. The van der Waals surface area contributed by atoms with Crippen LogP contribution in [0.25, 0.3) is 6.08 Å². The molecule has 0 unspecified atom stereocenters. The van der Waals surface area contributed by atoms with Crippen molar-refractivity contribution in [3.8, 4) is 0 Å². The molecule has 2 rings (SSSR count). The number of nitro groups is 1. The molecule has 0 aliphatic rings. The third-order valence-electron chi connectivity index (χ3n) is 2.66. The molecule has 0 N–H and O–H groups in total. The highest BCUT2D eigenvalue weighted by molar-refractivity contribution is 6.30. The lowest BCUT2D eigenvalue weighted by Gasteiger charge is -1.98. The van der Waals surface area contributed by atoms with Crippen molar-refractivity contribution in [2.24, 2.45) is 0 Å². The Balaban J connectivity index is 2.28. The van der Waals surface area contributed by atoms with Crippen molar-refractivity contribution in [2.45, 2.75) is 0 Å². The van der Waals surface area contributed by atoms with Gasteiger partial charge in [-0.15, -0.1) is 0 Å². The predicted octanol–water partition coefficient (Wildman–Crippen LogP) is 4.14. The van der Waals surface area contributed by atoms with Gasteiger partial charge >= 0.3 is 0 Å². The minimum Gasteiger partial charge on any atom is -0.289 e. The summed E-state index contributed by atoms with van der Waals surface area (Å²) in [6.07, 6.45) is 2.73.